The Labute approximate surface area is 99.0 Å². The molecule has 0 aliphatic heterocycles. The minimum atomic E-state index is 0.548. The van der Waals surface area contributed by atoms with E-state index < -0.39 is 0 Å². The van der Waals surface area contributed by atoms with Gasteiger partial charge in [0.15, 0.2) is 0 Å². The van der Waals surface area contributed by atoms with Gasteiger partial charge < -0.3 is 10.1 Å². The van der Waals surface area contributed by atoms with Crippen LogP contribution in [0.15, 0.2) is 24.3 Å². The van der Waals surface area contributed by atoms with Crippen molar-refractivity contribution in [3.63, 3.8) is 0 Å². The van der Waals surface area contributed by atoms with Crippen molar-refractivity contribution in [3.05, 3.63) is 29.8 Å². The predicted molar refractivity (Wildman–Crippen MR) is 69.1 cm³/mol. The molecule has 0 radical (unpaired) electrons. The lowest BCUT2D eigenvalue weighted by atomic mass is 10.0. The zero-order valence-corrected chi connectivity index (χ0v) is 10.6. The van der Waals surface area contributed by atoms with Gasteiger partial charge >= 0.3 is 0 Å². The summed E-state index contributed by atoms with van der Waals surface area (Å²) in [4.78, 5) is 0. The molecule has 0 amide bonds. The van der Waals surface area contributed by atoms with Gasteiger partial charge in [-0.25, -0.2) is 0 Å². The highest BCUT2D eigenvalue weighted by molar-refractivity contribution is 5.33. The Hall–Kier alpha value is -1.02. The van der Waals surface area contributed by atoms with E-state index in [0.29, 0.717) is 6.04 Å². The van der Waals surface area contributed by atoms with E-state index in [-0.39, 0.29) is 0 Å². The molecular formula is C14H23NO. The molecule has 1 unspecified atom stereocenters. The first-order chi connectivity index (χ1) is 7.81. The van der Waals surface area contributed by atoms with E-state index in [9.17, 15) is 0 Å². The number of ether oxygens (including phenoxy) is 1. The molecule has 0 aromatic heterocycles. The third kappa shape index (κ3) is 3.86. The maximum atomic E-state index is 5.63. The molecule has 1 N–H and O–H groups in total. The van der Waals surface area contributed by atoms with Gasteiger partial charge in [0.25, 0.3) is 0 Å². The zero-order valence-electron chi connectivity index (χ0n) is 10.6. The summed E-state index contributed by atoms with van der Waals surface area (Å²) >= 11 is 0. The van der Waals surface area contributed by atoms with Crippen LogP contribution in [0, 0.1) is 0 Å². The molecule has 0 saturated heterocycles. The molecule has 0 fully saturated rings. The SMILES string of the molecule is CCNC(CC)Cc1ccccc1OCC. The molecule has 0 heterocycles. The minimum Gasteiger partial charge on any atom is -0.494 e. The van der Waals surface area contributed by atoms with Crippen molar-refractivity contribution in [3.8, 4) is 5.75 Å². The number of hydrogen-bond donors (Lipinski definition) is 1. The summed E-state index contributed by atoms with van der Waals surface area (Å²) in [5.41, 5.74) is 1.30. The smallest absolute Gasteiger partial charge is 0.122 e. The highest BCUT2D eigenvalue weighted by Crippen LogP contribution is 2.20. The summed E-state index contributed by atoms with van der Waals surface area (Å²) < 4.78 is 5.63. The van der Waals surface area contributed by atoms with Crippen LogP contribution in [0.3, 0.4) is 0 Å². The fraction of sp³-hybridized carbons (Fsp3) is 0.571. The average Bonchev–Trinajstić information content (AvgIpc) is 2.31. The van der Waals surface area contributed by atoms with Gasteiger partial charge in [0.05, 0.1) is 6.61 Å². The summed E-state index contributed by atoms with van der Waals surface area (Å²) in [6.45, 7) is 8.15. The number of nitrogens with one attached hydrogen (secondary N) is 1. The van der Waals surface area contributed by atoms with Crippen LogP contribution < -0.4 is 10.1 Å². The summed E-state index contributed by atoms with van der Waals surface area (Å²) in [5.74, 6) is 1.03. The molecule has 1 aromatic carbocycles. The van der Waals surface area contributed by atoms with E-state index >= 15 is 0 Å². The first-order valence-corrected chi connectivity index (χ1v) is 6.25. The number of likely N-dealkylation sites (N-methyl/N-ethyl adjacent to an activating group) is 1. The van der Waals surface area contributed by atoms with E-state index in [1.165, 1.54) is 5.56 Å². The van der Waals surface area contributed by atoms with E-state index in [2.05, 4.69) is 37.4 Å². The van der Waals surface area contributed by atoms with Crippen LogP contribution in [0.25, 0.3) is 0 Å². The van der Waals surface area contributed by atoms with Gasteiger partial charge in [0.1, 0.15) is 5.75 Å². The Kier molecular flexibility index (Phi) is 5.94. The molecule has 0 saturated carbocycles. The van der Waals surface area contributed by atoms with Crippen LogP contribution in [0.1, 0.15) is 32.8 Å². The minimum absolute atomic E-state index is 0.548. The molecular weight excluding hydrogens is 198 g/mol. The molecule has 0 spiro atoms. The highest BCUT2D eigenvalue weighted by Gasteiger charge is 2.09. The molecule has 2 nitrogen and oxygen atoms in total. The topological polar surface area (TPSA) is 21.3 Å². The second-order valence-corrected chi connectivity index (χ2v) is 3.91. The first kappa shape index (κ1) is 13.0. The van der Waals surface area contributed by atoms with Gasteiger partial charge in [0, 0.05) is 6.04 Å². The number of para-hydroxylation sites is 1. The fourth-order valence-electron chi connectivity index (χ4n) is 1.88. The van der Waals surface area contributed by atoms with Crippen molar-refractivity contribution in [1.29, 1.82) is 0 Å². The van der Waals surface area contributed by atoms with Crippen molar-refractivity contribution in [2.45, 2.75) is 39.7 Å². The second-order valence-electron chi connectivity index (χ2n) is 3.91. The van der Waals surface area contributed by atoms with Crippen LogP contribution in [0.5, 0.6) is 5.75 Å². The van der Waals surface area contributed by atoms with Crippen LogP contribution in [-0.2, 0) is 6.42 Å². The molecule has 1 aromatic rings. The lowest BCUT2D eigenvalue weighted by Gasteiger charge is -2.17. The summed E-state index contributed by atoms with van der Waals surface area (Å²) in [6, 6.07) is 8.87. The van der Waals surface area contributed by atoms with Crippen LogP contribution in [-0.4, -0.2) is 19.2 Å². The van der Waals surface area contributed by atoms with Crippen molar-refractivity contribution < 1.29 is 4.74 Å². The third-order valence-corrected chi connectivity index (χ3v) is 2.72. The van der Waals surface area contributed by atoms with Crippen molar-refractivity contribution in [2.24, 2.45) is 0 Å². The molecule has 0 bridgehead atoms. The number of hydrogen-bond acceptors (Lipinski definition) is 2. The third-order valence-electron chi connectivity index (χ3n) is 2.72. The normalized spacial score (nSPS) is 12.4. The Morgan fingerprint density at radius 3 is 2.56 bits per heavy atom. The molecule has 2 heteroatoms. The quantitative estimate of drug-likeness (QED) is 0.764. The van der Waals surface area contributed by atoms with E-state index in [0.717, 1.165) is 31.7 Å². The highest BCUT2D eigenvalue weighted by atomic mass is 16.5. The Morgan fingerprint density at radius 1 is 1.19 bits per heavy atom. The lowest BCUT2D eigenvalue weighted by molar-refractivity contribution is 0.334. The van der Waals surface area contributed by atoms with Crippen LogP contribution in [0.2, 0.25) is 0 Å². The summed E-state index contributed by atoms with van der Waals surface area (Å²) in [5, 5.41) is 3.49. The molecule has 1 atom stereocenters. The van der Waals surface area contributed by atoms with Crippen molar-refractivity contribution in [1.82, 2.24) is 5.32 Å². The Bertz CT molecular complexity index is 299. The number of rotatable bonds is 7. The van der Waals surface area contributed by atoms with Gasteiger partial charge in [-0.3, -0.25) is 0 Å². The van der Waals surface area contributed by atoms with Gasteiger partial charge in [-0.05, 0) is 37.9 Å². The van der Waals surface area contributed by atoms with Gasteiger partial charge in [-0.15, -0.1) is 0 Å². The first-order valence-electron chi connectivity index (χ1n) is 6.25. The maximum Gasteiger partial charge on any atom is 0.122 e. The summed E-state index contributed by atoms with van der Waals surface area (Å²) in [7, 11) is 0. The summed E-state index contributed by atoms with van der Waals surface area (Å²) in [6.07, 6.45) is 2.19. The number of benzene rings is 1. The predicted octanol–water partition coefficient (Wildman–Crippen LogP) is 3.02. The van der Waals surface area contributed by atoms with Crippen LogP contribution >= 0.6 is 0 Å². The van der Waals surface area contributed by atoms with E-state index in [1.807, 2.05) is 13.0 Å². The molecule has 0 aliphatic carbocycles. The fourth-order valence-corrected chi connectivity index (χ4v) is 1.88. The van der Waals surface area contributed by atoms with Gasteiger partial charge in [-0.2, -0.15) is 0 Å². The van der Waals surface area contributed by atoms with Crippen molar-refractivity contribution >= 4 is 0 Å². The Morgan fingerprint density at radius 2 is 1.94 bits per heavy atom. The monoisotopic (exact) mass is 221 g/mol. The zero-order chi connectivity index (χ0) is 11.8. The molecule has 0 aliphatic rings. The van der Waals surface area contributed by atoms with Crippen molar-refractivity contribution in [2.75, 3.05) is 13.2 Å². The van der Waals surface area contributed by atoms with E-state index in [1.54, 1.807) is 0 Å². The molecule has 16 heavy (non-hydrogen) atoms. The van der Waals surface area contributed by atoms with Crippen LogP contribution in [0.4, 0.5) is 0 Å². The average molecular weight is 221 g/mol. The molecule has 90 valence electrons. The van der Waals surface area contributed by atoms with E-state index in [4.69, 9.17) is 4.74 Å². The van der Waals surface area contributed by atoms with Gasteiger partial charge in [-0.1, -0.05) is 32.0 Å². The van der Waals surface area contributed by atoms with Gasteiger partial charge in [0.2, 0.25) is 0 Å². The maximum absolute atomic E-state index is 5.63. The second kappa shape index (κ2) is 7.29. The standard InChI is InChI=1S/C14H23NO/c1-4-13(15-5-2)11-12-9-7-8-10-14(12)16-6-3/h7-10,13,15H,4-6,11H2,1-3H3. The molecule has 1 rings (SSSR count). The lowest BCUT2D eigenvalue weighted by Crippen LogP contribution is -2.30. The largest absolute Gasteiger partial charge is 0.494 e. The Balaban J connectivity index is 2.70.